The molecule has 23 heavy (non-hydrogen) atoms. The van der Waals surface area contributed by atoms with E-state index in [4.69, 9.17) is 9.26 Å². The van der Waals surface area contributed by atoms with Gasteiger partial charge in [-0.3, -0.25) is 4.79 Å². The molecule has 0 aromatic carbocycles. The van der Waals surface area contributed by atoms with Crippen LogP contribution in [-0.4, -0.2) is 50.1 Å². The lowest BCUT2D eigenvalue weighted by Crippen LogP contribution is -2.44. The molecule has 0 spiro atoms. The second kappa shape index (κ2) is 5.69. The third kappa shape index (κ3) is 2.70. The predicted octanol–water partition coefficient (Wildman–Crippen LogP) is 1.16. The molecule has 2 fully saturated rings. The van der Waals surface area contributed by atoms with E-state index in [1.54, 1.807) is 19.2 Å². The van der Waals surface area contributed by atoms with Crippen LogP contribution in [0.3, 0.4) is 0 Å². The fourth-order valence-electron chi connectivity index (χ4n) is 3.32. The van der Waals surface area contributed by atoms with Crippen molar-refractivity contribution in [2.75, 3.05) is 13.1 Å². The minimum Gasteiger partial charge on any atom is -0.365 e. The zero-order valence-corrected chi connectivity index (χ0v) is 12.8. The molecule has 3 atom stereocenters. The Kier molecular flexibility index (Phi) is 3.53. The number of hydrogen-bond acceptors (Lipinski definition) is 7. The fraction of sp³-hybridized carbons (Fsp3) is 0.533. The van der Waals surface area contributed by atoms with Crippen molar-refractivity contribution in [2.24, 2.45) is 5.92 Å². The molecule has 8 nitrogen and oxygen atoms in total. The van der Waals surface area contributed by atoms with Gasteiger partial charge in [0.15, 0.2) is 5.82 Å². The number of hydrogen-bond donors (Lipinski definition) is 0. The lowest BCUT2D eigenvalue weighted by molar-refractivity contribution is -0.00786. The molecular weight excluding hydrogens is 298 g/mol. The van der Waals surface area contributed by atoms with Crippen LogP contribution in [0.4, 0.5) is 0 Å². The Morgan fingerprint density at radius 3 is 3.09 bits per heavy atom. The number of piperidine rings is 1. The van der Waals surface area contributed by atoms with E-state index in [2.05, 4.69) is 20.1 Å². The Morgan fingerprint density at radius 2 is 2.35 bits per heavy atom. The highest BCUT2D eigenvalue weighted by atomic mass is 16.5. The number of fused-ring (bicyclic) bond motifs is 1. The first kappa shape index (κ1) is 14.3. The van der Waals surface area contributed by atoms with Crippen molar-refractivity contribution in [3.05, 3.63) is 36.0 Å². The predicted molar refractivity (Wildman–Crippen MR) is 77.3 cm³/mol. The summed E-state index contributed by atoms with van der Waals surface area (Å²) in [7, 11) is 0. The van der Waals surface area contributed by atoms with Gasteiger partial charge in [-0.25, -0.2) is 9.97 Å². The summed E-state index contributed by atoms with van der Waals surface area (Å²) >= 11 is 0. The van der Waals surface area contributed by atoms with Crippen LogP contribution in [0.2, 0.25) is 0 Å². The Balaban J connectivity index is 1.44. The molecule has 2 aliphatic heterocycles. The number of aromatic nitrogens is 4. The van der Waals surface area contributed by atoms with Crippen molar-refractivity contribution in [3.63, 3.8) is 0 Å². The maximum absolute atomic E-state index is 12.5. The van der Waals surface area contributed by atoms with E-state index in [1.807, 2.05) is 4.90 Å². The molecule has 8 heteroatoms. The topological polar surface area (TPSA) is 94.2 Å². The lowest BCUT2D eigenvalue weighted by atomic mass is 9.92. The van der Waals surface area contributed by atoms with Crippen molar-refractivity contribution in [2.45, 2.75) is 32.0 Å². The largest absolute Gasteiger partial charge is 0.365 e. The number of nitrogens with zero attached hydrogens (tertiary/aromatic N) is 5. The fourth-order valence-corrected chi connectivity index (χ4v) is 3.32. The third-order valence-electron chi connectivity index (χ3n) is 4.43. The summed E-state index contributed by atoms with van der Waals surface area (Å²) in [5.74, 6) is 1.37. The molecule has 120 valence electrons. The number of aryl methyl sites for hydroxylation is 1. The minimum absolute atomic E-state index is 0.0528. The second-order valence-corrected chi connectivity index (χ2v) is 5.97. The maximum Gasteiger partial charge on any atom is 0.272 e. The van der Waals surface area contributed by atoms with Crippen molar-refractivity contribution < 1.29 is 14.1 Å². The molecule has 0 N–H and O–H groups in total. The highest BCUT2D eigenvalue weighted by molar-refractivity contribution is 5.92. The van der Waals surface area contributed by atoms with Crippen LogP contribution in [0.25, 0.3) is 0 Å². The smallest absolute Gasteiger partial charge is 0.272 e. The number of carbonyl (C=O) groups excluding carboxylic acids is 1. The molecule has 2 saturated heterocycles. The Morgan fingerprint density at radius 1 is 1.43 bits per heavy atom. The van der Waals surface area contributed by atoms with Crippen molar-refractivity contribution >= 4 is 5.91 Å². The molecule has 1 amide bonds. The lowest BCUT2D eigenvalue weighted by Gasteiger charge is -2.33. The van der Waals surface area contributed by atoms with Gasteiger partial charge in [-0.2, -0.15) is 4.98 Å². The standard InChI is InChI=1S/C15H17N5O3/c1-9-18-14(23-19-9)13-6-10-7-20(5-3-12(10)22-13)15(21)11-2-4-16-8-17-11/h2,4,8,10,12-13H,3,5-7H2,1H3/t10-,12-,13+/m0/s1. The van der Waals surface area contributed by atoms with E-state index in [0.717, 1.165) is 12.8 Å². The number of amides is 1. The van der Waals surface area contributed by atoms with Crippen molar-refractivity contribution in [3.8, 4) is 0 Å². The molecule has 2 aliphatic rings. The quantitative estimate of drug-likeness (QED) is 0.820. The highest BCUT2D eigenvalue weighted by Gasteiger charge is 2.42. The van der Waals surface area contributed by atoms with Gasteiger partial charge >= 0.3 is 0 Å². The van der Waals surface area contributed by atoms with Crippen LogP contribution < -0.4 is 0 Å². The molecule has 0 saturated carbocycles. The van der Waals surface area contributed by atoms with Gasteiger partial charge in [0.2, 0.25) is 0 Å². The summed E-state index contributed by atoms with van der Waals surface area (Å²) < 4.78 is 11.3. The number of carbonyl (C=O) groups is 1. The van der Waals surface area contributed by atoms with Crippen molar-refractivity contribution in [1.29, 1.82) is 0 Å². The summed E-state index contributed by atoms with van der Waals surface area (Å²) in [6.07, 6.45) is 4.55. The van der Waals surface area contributed by atoms with Gasteiger partial charge in [0.1, 0.15) is 18.1 Å². The Labute approximate surface area is 132 Å². The molecule has 0 bridgehead atoms. The van der Waals surface area contributed by atoms with Gasteiger partial charge in [-0.1, -0.05) is 5.16 Å². The number of ether oxygens (including phenoxy) is 1. The number of likely N-dealkylation sites (tertiary alicyclic amines) is 1. The SMILES string of the molecule is Cc1noc([C@H]2C[C@H]3CN(C(=O)c4ccncn4)CC[C@@H]3O2)n1. The molecule has 4 heterocycles. The van der Waals surface area contributed by atoms with Gasteiger partial charge in [-0.15, -0.1) is 0 Å². The average Bonchev–Trinajstić information content (AvgIpc) is 3.20. The van der Waals surface area contributed by atoms with Gasteiger partial charge in [-0.05, 0) is 25.8 Å². The molecule has 0 radical (unpaired) electrons. The molecule has 2 aromatic heterocycles. The third-order valence-corrected chi connectivity index (χ3v) is 4.43. The van der Waals surface area contributed by atoms with Gasteiger partial charge < -0.3 is 14.2 Å². The summed E-state index contributed by atoms with van der Waals surface area (Å²) in [5, 5.41) is 3.82. The van der Waals surface area contributed by atoms with E-state index in [1.165, 1.54) is 6.33 Å². The molecule has 4 rings (SSSR count). The average molecular weight is 315 g/mol. The zero-order chi connectivity index (χ0) is 15.8. The van der Waals surface area contributed by atoms with Crippen LogP contribution in [0.1, 0.15) is 41.1 Å². The molecule has 2 aromatic rings. The number of rotatable bonds is 2. The van der Waals surface area contributed by atoms with E-state index >= 15 is 0 Å². The van der Waals surface area contributed by atoms with E-state index < -0.39 is 0 Å². The van der Waals surface area contributed by atoms with Gasteiger partial charge in [0, 0.05) is 25.2 Å². The van der Waals surface area contributed by atoms with Crippen molar-refractivity contribution in [1.82, 2.24) is 25.0 Å². The van der Waals surface area contributed by atoms with Crippen LogP contribution in [0.15, 0.2) is 23.1 Å². The first-order valence-electron chi connectivity index (χ1n) is 7.71. The van der Waals surface area contributed by atoms with Crippen LogP contribution in [0, 0.1) is 12.8 Å². The normalized spacial score (nSPS) is 27.0. The van der Waals surface area contributed by atoms with Gasteiger partial charge in [0.25, 0.3) is 11.8 Å². The van der Waals surface area contributed by atoms with Crippen LogP contribution in [-0.2, 0) is 4.74 Å². The summed E-state index contributed by atoms with van der Waals surface area (Å²) in [6, 6.07) is 1.64. The Hall–Kier alpha value is -2.35. The van der Waals surface area contributed by atoms with E-state index in [0.29, 0.717) is 30.5 Å². The van der Waals surface area contributed by atoms with E-state index in [9.17, 15) is 4.79 Å². The maximum atomic E-state index is 12.5. The molecular formula is C15H17N5O3. The summed E-state index contributed by atoms with van der Waals surface area (Å²) in [6.45, 7) is 3.12. The zero-order valence-electron chi connectivity index (χ0n) is 12.8. The molecule has 0 unspecified atom stereocenters. The van der Waals surface area contributed by atoms with Crippen LogP contribution >= 0.6 is 0 Å². The van der Waals surface area contributed by atoms with E-state index in [-0.39, 0.29) is 24.0 Å². The summed E-state index contributed by atoms with van der Waals surface area (Å²) in [4.78, 5) is 26.5. The first-order valence-corrected chi connectivity index (χ1v) is 7.71. The highest BCUT2D eigenvalue weighted by Crippen LogP contribution is 2.40. The summed E-state index contributed by atoms with van der Waals surface area (Å²) in [5.41, 5.74) is 0.432. The first-order chi connectivity index (χ1) is 11.2. The minimum atomic E-state index is -0.166. The molecule has 0 aliphatic carbocycles. The second-order valence-electron chi connectivity index (χ2n) is 5.97. The monoisotopic (exact) mass is 315 g/mol. The van der Waals surface area contributed by atoms with Crippen LogP contribution in [0.5, 0.6) is 0 Å². The Bertz CT molecular complexity index is 704. The van der Waals surface area contributed by atoms with Gasteiger partial charge in [0.05, 0.1) is 6.10 Å².